The van der Waals surface area contributed by atoms with Crippen LogP contribution in [0, 0.1) is 0 Å². The van der Waals surface area contributed by atoms with Gasteiger partial charge in [-0.05, 0) is 44.0 Å². The van der Waals surface area contributed by atoms with Crippen LogP contribution in [0.1, 0.15) is 45.1 Å². The van der Waals surface area contributed by atoms with Crippen molar-refractivity contribution >= 4 is 0 Å². The highest BCUT2D eigenvalue weighted by atomic mass is 16.3. The predicted octanol–water partition coefficient (Wildman–Crippen LogP) is 3.08. The molecule has 1 rings (SSSR count). The van der Waals surface area contributed by atoms with Gasteiger partial charge in [0.25, 0.3) is 0 Å². The molecule has 0 aliphatic rings. The van der Waals surface area contributed by atoms with Crippen LogP contribution in [-0.4, -0.2) is 30.8 Å². The summed E-state index contributed by atoms with van der Waals surface area (Å²) in [6, 6.07) is 8.07. The van der Waals surface area contributed by atoms with Crippen LogP contribution in [-0.2, 0) is 6.42 Å². The quantitative estimate of drug-likeness (QED) is 0.545. The van der Waals surface area contributed by atoms with Crippen molar-refractivity contribution in [3.8, 4) is 5.75 Å². The molecule has 0 bridgehead atoms. The van der Waals surface area contributed by atoms with Crippen LogP contribution in [0.2, 0.25) is 0 Å². The maximum absolute atomic E-state index is 9.20. The minimum absolute atomic E-state index is 0.336. The normalized spacial score (nSPS) is 12.5. The lowest BCUT2D eigenvalue weighted by Crippen LogP contribution is -2.34. The molecule has 0 amide bonds. The van der Waals surface area contributed by atoms with Crippen LogP contribution in [0.4, 0.5) is 0 Å². The summed E-state index contributed by atoms with van der Waals surface area (Å²) in [5.74, 6) is 0.336. The first-order valence-corrected chi connectivity index (χ1v) is 7.94. The number of aromatic hydroxyl groups is 1. The molecule has 3 heteroatoms. The third kappa shape index (κ3) is 8.18. The van der Waals surface area contributed by atoms with Crippen LogP contribution < -0.4 is 10.6 Å². The van der Waals surface area contributed by atoms with Gasteiger partial charge in [0.1, 0.15) is 5.75 Å². The summed E-state index contributed by atoms with van der Waals surface area (Å²) in [6.45, 7) is 7.54. The standard InChI is InChI=1S/C17H30N2O/c1-3-4-5-6-15(2)19-14-13-18-12-11-16-7-9-17(20)10-8-16/h7-10,15,18-20H,3-6,11-14H2,1-2H3. The van der Waals surface area contributed by atoms with E-state index in [2.05, 4.69) is 24.5 Å². The molecule has 0 radical (unpaired) electrons. The van der Waals surface area contributed by atoms with Gasteiger partial charge in [0.05, 0.1) is 0 Å². The van der Waals surface area contributed by atoms with Crippen LogP contribution in [0.5, 0.6) is 5.75 Å². The highest BCUT2D eigenvalue weighted by Crippen LogP contribution is 2.09. The minimum Gasteiger partial charge on any atom is -0.508 e. The Labute approximate surface area is 123 Å². The lowest BCUT2D eigenvalue weighted by molar-refractivity contribution is 0.475. The molecule has 0 spiro atoms. The van der Waals surface area contributed by atoms with Crippen molar-refractivity contribution in [3.63, 3.8) is 0 Å². The van der Waals surface area contributed by atoms with Crippen LogP contribution in [0.3, 0.4) is 0 Å². The molecule has 1 atom stereocenters. The van der Waals surface area contributed by atoms with Crippen molar-refractivity contribution in [3.05, 3.63) is 29.8 Å². The third-order valence-corrected chi connectivity index (χ3v) is 3.56. The van der Waals surface area contributed by atoms with Crippen molar-refractivity contribution in [2.24, 2.45) is 0 Å². The Morgan fingerprint density at radius 3 is 2.50 bits per heavy atom. The van der Waals surface area contributed by atoms with Crippen molar-refractivity contribution in [2.45, 2.75) is 52.0 Å². The van der Waals surface area contributed by atoms with Crippen LogP contribution in [0.15, 0.2) is 24.3 Å². The third-order valence-electron chi connectivity index (χ3n) is 3.56. The van der Waals surface area contributed by atoms with E-state index in [0.717, 1.165) is 26.1 Å². The average molecular weight is 278 g/mol. The molecule has 1 aromatic rings. The summed E-state index contributed by atoms with van der Waals surface area (Å²) in [5.41, 5.74) is 1.26. The number of phenols is 1. The second-order valence-corrected chi connectivity index (χ2v) is 5.52. The number of phenolic OH excluding ortho intramolecular Hbond substituents is 1. The first-order valence-electron chi connectivity index (χ1n) is 7.94. The topological polar surface area (TPSA) is 44.3 Å². The first kappa shape index (κ1) is 17.0. The van der Waals surface area contributed by atoms with Crippen LogP contribution in [0.25, 0.3) is 0 Å². The molecular formula is C17H30N2O. The summed E-state index contributed by atoms with van der Waals surface area (Å²) < 4.78 is 0. The van der Waals surface area contributed by atoms with E-state index in [1.807, 2.05) is 12.1 Å². The van der Waals surface area contributed by atoms with Gasteiger partial charge >= 0.3 is 0 Å². The summed E-state index contributed by atoms with van der Waals surface area (Å²) >= 11 is 0. The Hall–Kier alpha value is -1.06. The van der Waals surface area contributed by atoms with Gasteiger partial charge in [0.2, 0.25) is 0 Å². The highest BCUT2D eigenvalue weighted by molar-refractivity contribution is 5.25. The molecular weight excluding hydrogens is 248 g/mol. The van der Waals surface area contributed by atoms with Crippen molar-refractivity contribution in [2.75, 3.05) is 19.6 Å². The fraction of sp³-hybridized carbons (Fsp3) is 0.647. The highest BCUT2D eigenvalue weighted by Gasteiger charge is 1.99. The van der Waals surface area contributed by atoms with E-state index < -0.39 is 0 Å². The van der Waals surface area contributed by atoms with E-state index in [9.17, 15) is 5.11 Å². The van der Waals surface area contributed by atoms with Gasteiger partial charge in [0, 0.05) is 19.1 Å². The molecule has 0 aliphatic heterocycles. The lowest BCUT2D eigenvalue weighted by atomic mass is 10.1. The first-order chi connectivity index (χ1) is 9.72. The largest absolute Gasteiger partial charge is 0.508 e. The van der Waals surface area contributed by atoms with E-state index in [4.69, 9.17) is 0 Å². The van der Waals surface area contributed by atoms with Crippen LogP contribution >= 0.6 is 0 Å². The Bertz CT molecular complexity index is 337. The Kier molecular flexibility index (Phi) is 9.09. The fourth-order valence-electron chi connectivity index (χ4n) is 2.23. The van der Waals surface area contributed by atoms with Gasteiger partial charge in [0.15, 0.2) is 0 Å². The fourth-order valence-corrected chi connectivity index (χ4v) is 2.23. The molecule has 3 N–H and O–H groups in total. The number of nitrogens with one attached hydrogen (secondary N) is 2. The summed E-state index contributed by atoms with van der Waals surface area (Å²) in [6.07, 6.45) is 6.26. The number of unbranched alkanes of at least 4 members (excludes halogenated alkanes) is 2. The summed E-state index contributed by atoms with van der Waals surface area (Å²) in [4.78, 5) is 0. The maximum atomic E-state index is 9.20. The number of benzene rings is 1. The van der Waals surface area contributed by atoms with Gasteiger partial charge in [-0.3, -0.25) is 0 Å². The number of hydrogen-bond donors (Lipinski definition) is 3. The van der Waals surface area contributed by atoms with Crippen molar-refractivity contribution in [1.82, 2.24) is 10.6 Å². The summed E-state index contributed by atoms with van der Waals surface area (Å²) in [7, 11) is 0. The predicted molar refractivity (Wildman–Crippen MR) is 86.3 cm³/mol. The van der Waals surface area contributed by atoms with E-state index in [1.54, 1.807) is 12.1 Å². The molecule has 0 aromatic heterocycles. The number of hydrogen-bond acceptors (Lipinski definition) is 3. The zero-order valence-corrected chi connectivity index (χ0v) is 13.0. The lowest BCUT2D eigenvalue weighted by Gasteiger charge is -2.13. The zero-order chi connectivity index (χ0) is 14.6. The van der Waals surface area contributed by atoms with Gasteiger partial charge < -0.3 is 15.7 Å². The molecule has 0 saturated carbocycles. The summed E-state index contributed by atoms with van der Waals surface area (Å²) in [5, 5.41) is 16.2. The van der Waals surface area contributed by atoms with Gasteiger partial charge in [-0.2, -0.15) is 0 Å². The maximum Gasteiger partial charge on any atom is 0.115 e. The molecule has 0 saturated heterocycles. The molecule has 0 fully saturated rings. The van der Waals surface area contributed by atoms with Gasteiger partial charge in [-0.15, -0.1) is 0 Å². The van der Waals surface area contributed by atoms with E-state index >= 15 is 0 Å². The second kappa shape index (κ2) is 10.7. The Morgan fingerprint density at radius 2 is 1.80 bits per heavy atom. The zero-order valence-electron chi connectivity index (χ0n) is 13.0. The molecule has 1 aromatic carbocycles. The molecule has 114 valence electrons. The Morgan fingerprint density at radius 1 is 1.05 bits per heavy atom. The van der Waals surface area contributed by atoms with E-state index in [-0.39, 0.29) is 0 Å². The van der Waals surface area contributed by atoms with Crippen molar-refractivity contribution < 1.29 is 5.11 Å². The minimum atomic E-state index is 0.336. The van der Waals surface area contributed by atoms with E-state index in [0.29, 0.717) is 11.8 Å². The molecule has 3 nitrogen and oxygen atoms in total. The molecule has 1 unspecified atom stereocenters. The van der Waals surface area contributed by atoms with Gasteiger partial charge in [-0.25, -0.2) is 0 Å². The van der Waals surface area contributed by atoms with Crippen molar-refractivity contribution in [1.29, 1.82) is 0 Å². The average Bonchev–Trinajstić information content (AvgIpc) is 2.45. The number of rotatable bonds is 11. The SMILES string of the molecule is CCCCCC(C)NCCNCCc1ccc(O)cc1. The van der Waals surface area contributed by atoms with Gasteiger partial charge in [-0.1, -0.05) is 38.3 Å². The smallest absolute Gasteiger partial charge is 0.115 e. The van der Waals surface area contributed by atoms with E-state index in [1.165, 1.54) is 31.2 Å². The molecule has 0 aliphatic carbocycles. The monoisotopic (exact) mass is 278 g/mol. The second-order valence-electron chi connectivity index (χ2n) is 5.52. The molecule has 20 heavy (non-hydrogen) atoms. The Balaban J connectivity index is 1.95. The molecule has 0 heterocycles.